The van der Waals surface area contributed by atoms with Crippen LogP contribution in [0, 0.1) is 0 Å². The van der Waals surface area contributed by atoms with Gasteiger partial charge in [0.05, 0.1) is 6.10 Å². The molecule has 7 heteroatoms. The quantitative estimate of drug-likeness (QED) is 0.317. The topological polar surface area (TPSA) is 36.9 Å². The van der Waals surface area contributed by atoms with E-state index in [0.717, 1.165) is 11.3 Å². The molecule has 0 fully saturated rings. The van der Waals surface area contributed by atoms with E-state index in [-0.39, 0.29) is 27.3 Å². The molecule has 1 heterocycles. The monoisotopic (exact) mass is 550 g/mol. The third-order valence-corrected chi connectivity index (χ3v) is 22.3. The first-order chi connectivity index (χ1) is 16.0. The lowest BCUT2D eigenvalue weighted by atomic mass is 10.1. The van der Waals surface area contributed by atoms with Crippen molar-refractivity contribution in [3.8, 4) is 0 Å². The minimum Gasteiger partial charge on any atom is -0.463 e. The third-order valence-electron chi connectivity index (χ3n) is 8.90. The van der Waals surface area contributed by atoms with Gasteiger partial charge in [-0.3, -0.25) is 0 Å². The van der Waals surface area contributed by atoms with Gasteiger partial charge in [-0.15, -0.1) is 0 Å². The van der Waals surface area contributed by atoms with E-state index in [2.05, 4.69) is 120 Å². The summed E-state index contributed by atoms with van der Waals surface area (Å²) in [5.74, 6) is 0.818. The molecule has 1 aromatic carbocycles. The Morgan fingerprint density at radius 3 is 1.47 bits per heavy atom. The molecule has 0 radical (unpaired) electrons. The molecule has 1 aromatic rings. The van der Waals surface area contributed by atoms with Crippen LogP contribution < -0.4 is 0 Å². The van der Waals surface area contributed by atoms with E-state index in [4.69, 9.17) is 18.0 Å². The molecule has 0 unspecified atom stereocenters. The minimum atomic E-state index is -2.17. The van der Waals surface area contributed by atoms with Gasteiger partial charge in [0.25, 0.3) is 0 Å². The molecule has 0 spiro atoms. The number of hydrogen-bond acceptors (Lipinski definition) is 4. The SMILES string of the molecule is CC(C)(C)[Si](C)(C)O[C@H]1OC(c2ccccc2)=C[C@@H](O[Si](C)(C)C(C)(C)C)[C@H]1O[Si](C)(C)C(C)(C)C. The molecular formula is C29H54O4Si3. The van der Waals surface area contributed by atoms with Gasteiger partial charge in [-0.2, -0.15) is 0 Å². The zero-order chi connectivity index (χ0) is 28.0. The molecule has 1 aliphatic rings. The average molecular weight is 551 g/mol. The van der Waals surface area contributed by atoms with E-state index in [1.807, 2.05) is 18.2 Å². The Morgan fingerprint density at radius 1 is 0.611 bits per heavy atom. The number of ether oxygens (including phenoxy) is 1. The summed E-state index contributed by atoms with van der Waals surface area (Å²) >= 11 is 0. The summed E-state index contributed by atoms with van der Waals surface area (Å²) in [5.41, 5.74) is 1.04. The van der Waals surface area contributed by atoms with Crippen molar-refractivity contribution in [2.45, 2.75) is 135 Å². The highest BCUT2D eigenvalue weighted by Gasteiger charge is 2.51. The van der Waals surface area contributed by atoms with Gasteiger partial charge in [0.1, 0.15) is 11.9 Å². The van der Waals surface area contributed by atoms with Crippen LogP contribution in [0.2, 0.25) is 54.4 Å². The molecular weight excluding hydrogens is 497 g/mol. The maximum absolute atomic E-state index is 7.13. The molecule has 4 nitrogen and oxygen atoms in total. The standard InChI is InChI=1S/C29H54O4Si3/c1-27(2,3)34(10,11)31-24-21-23(22-19-17-16-18-20-22)30-26(33-36(14,15)29(7,8)9)25(24)32-35(12,13)28(4,5)6/h16-21,24-26H,1-15H3/t24-,25-,26-/m1/s1. The Bertz CT molecular complexity index is 903. The van der Waals surface area contributed by atoms with Crippen molar-refractivity contribution < 1.29 is 18.0 Å². The smallest absolute Gasteiger partial charge is 0.219 e. The van der Waals surface area contributed by atoms with Crippen LogP contribution in [0.3, 0.4) is 0 Å². The van der Waals surface area contributed by atoms with Crippen molar-refractivity contribution in [3.05, 3.63) is 42.0 Å². The lowest BCUT2D eigenvalue weighted by molar-refractivity contribution is -0.139. The maximum atomic E-state index is 7.13. The van der Waals surface area contributed by atoms with Crippen LogP contribution in [-0.4, -0.2) is 43.5 Å². The fraction of sp³-hybridized carbons (Fsp3) is 0.724. The molecule has 2 rings (SSSR count). The largest absolute Gasteiger partial charge is 0.463 e. The fourth-order valence-electron chi connectivity index (χ4n) is 3.21. The molecule has 0 amide bonds. The van der Waals surface area contributed by atoms with E-state index < -0.39 is 31.2 Å². The normalized spacial score (nSPS) is 22.8. The molecule has 0 saturated carbocycles. The molecule has 0 aliphatic carbocycles. The Morgan fingerprint density at radius 2 is 1.03 bits per heavy atom. The molecule has 36 heavy (non-hydrogen) atoms. The summed E-state index contributed by atoms with van der Waals surface area (Å²) in [7, 11) is -6.45. The zero-order valence-corrected chi connectivity index (χ0v) is 28.8. The van der Waals surface area contributed by atoms with Crippen LogP contribution in [0.4, 0.5) is 0 Å². The van der Waals surface area contributed by atoms with Crippen molar-refractivity contribution in [1.82, 2.24) is 0 Å². The Kier molecular flexibility index (Phi) is 9.15. The molecule has 206 valence electrons. The Hall–Kier alpha value is -0.709. The van der Waals surface area contributed by atoms with Gasteiger partial charge < -0.3 is 18.0 Å². The van der Waals surface area contributed by atoms with Crippen molar-refractivity contribution in [2.24, 2.45) is 0 Å². The Balaban J connectivity index is 2.67. The summed E-state index contributed by atoms with van der Waals surface area (Å²) < 4.78 is 28.0. The second-order valence-electron chi connectivity index (χ2n) is 14.9. The van der Waals surface area contributed by atoms with E-state index in [0.29, 0.717) is 0 Å². The molecule has 1 aliphatic heterocycles. The fourth-order valence-corrected chi connectivity index (χ4v) is 6.84. The number of hydrogen-bond donors (Lipinski definition) is 0. The van der Waals surface area contributed by atoms with Crippen LogP contribution in [0.1, 0.15) is 67.9 Å². The predicted molar refractivity (Wildman–Crippen MR) is 162 cm³/mol. The van der Waals surface area contributed by atoms with Gasteiger partial charge in [0.2, 0.25) is 6.29 Å². The van der Waals surface area contributed by atoms with Gasteiger partial charge in [-0.25, -0.2) is 0 Å². The molecule has 3 atom stereocenters. The summed E-state index contributed by atoms with van der Waals surface area (Å²) in [6.07, 6.45) is 1.04. The van der Waals surface area contributed by atoms with Crippen LogP contribution in [0.5, 0.6) is 0 Å². The number of benzene rings is 1. The van der Waals surface area contributed by atoms with Crippen LogP contribution in [-0.2, 0) is 18.0 Å². The van der Waals surface area contributed by atoms with Crippen LogP contribution >= 0.6 is 0 Å². The molecule has 0 N–H and O–H groups in total. The summed E-state index contributed by atoms with van der Waals surface area (Å²) in [4.78, 5) is 0. The van der Waals surface area contributed by atoms with Gasteiger partial charge in [-0.1, -0.05) is 92.6 Å². The lowest BCUT2D eigenvalue weighted by Crippen LogP contribution is -2.59. The average Bonchev–Trinajstić information content (AvgIpc) is 2.67. The lowest BCUT2D eigenvalue weighted by Gasteiger charge is -2.49. The second kappa shape index (κ2) is 10.5. The van der Waals surface area contributed by atoms with E-state index >= 15 is 0 Å². The molecule has 0 aromatic heterocycles. The van der Waals surface area contributed by atoms with E-state index in [9.17, 15) is 0 Å². The van der Waals surface area contributed by atoms with E-state index in [1.54, 1.807) is 0 Å². The Labute approximate surface area is 225 Å². The highest BCUT2D eigenvalue weighted by molar-refractivity contribution is 6.75. The second-order valence-corrected chi connectivity index (χ2v) is 29.2. The van der Waals surface area contributed by atoms with Crippen molar-refractivity contribution >= 4 is 30.7 Å². The van der Waals surface area contributed by atoms with Gasteiger partial charge in [0, 0.05) is 5.56 Å². The first-order valence-corrected chi connectivity index (χ1v) is 22.2. The van der Waals surface area contributed by atoms with Crippen molar-refractivity contribution in [1.29, 1.82) is 0 Å². The van der Waals surface area contributed by atoms with Gasteiger partial charge in [-0.05, 0) is 60.5 Å². The highest BCUT2D eigenvalue weighted by atomic mass is 28.4. The number of rotatable bonds is 7. The van der Waals surface area contributed by atoms with Gasteiger partial charge >= 0.3 is 0 Å². The van der Waals surface area contributed by atoms with Gasteiger partial charge in [0.15, 0.2) is 25.0 Å². The molecule has 0 bridgehead atoms. The van der Waals surface area contributed by atoms with Crippen LogP contribution in [0.15, 0.2) is 36.4 Å². The van der Waals surface area contributed by atoms with E-state index in [1.165, 1.54) is 0 Å². The predicted octanol–water partition coefficient (Wildman–Crippen LogP) is 9.19. The summed E-state index contributed by atoms with van der Waals surface area (Å²) in [6, 6.07) is 10.3. The van der Waals surface area contributed by atoms with Crippen LogP contribution in [0.25, 0.3) is 5.76 Å². The summed E-state index contributed by atoms with van der Waals surface area (Å²) in [6.45, 7) is 34.3. The third kappa shape index (κ3) is 7.23. The maximum Gasteiger partial charge on any atom is 0.219 e. The minimum absolute atomic E-state index is 0.0434. The summed E-state index contributed by atoms with van der Waals surface area (Å²) in [5, 5.41) is 0.171. The van der Waals surface area contributed by atoms with Crippen molar-refractivity contribution in [3.63, 3.8) is 0 Å². The molecule has 0 saturated heterocycles. The first kappa shape index (κ1) is 31.5. The van der Waals surface area contributed by atoms with Crippen molar-refractivity contribution in [2.75, 3.05) is 0 Å². The highest BCUT2D eigenvalue weighted by Crippen LogP contribution is 2.45. The zero-order valence-electron chi connectivity index (χ0n) is 25.8. The first-order valence-electron chi connectivity index (χ1n) is 13.5.